The summed E-state index contributed by atoms with van der Waals surface area (Å²) in [7, 11) is 0. The van der Waals surface area contributed by atoms with Gasteiger partial charge in [-0.1, -0.05) is 0 Å². The van der Waals surface area contributed by atoms with Crippen LogP contribution in [0.3, 0.4) is 0 Å². The second-order valence-corrected chi connectivity index (χ2v) is 3.35. The van der Waals surface area contributed by atoms with Gasteiger partial charge in [0.15, 0.2) is 0 Å². The fourth-order valence-corrected chi connectivity index (χ4v) is 1.07. The summed E-state index contributed by atoms with van der Waals surface area (Å²) in [5, 5.41) is 15.3. The molecular weight excluding hydrogens is 180 g/mol. The van der Waals surface area contributed by atoms with Crippen molar-refractivity contribution in [2.45, 2.75) is 25.5 Å². The van der Waals surface area contributed by atoms with Gasteiger partial charge < -0.3 is 27.2 Å². The molecule has 0 aromatic heterocycles. The molecule has 0 saturated carbocycles. The number of aliphatic hydroxyl groups excluding tert-OH is 1. The van der Waals surface area contributed by atoms with E-state index in [0.717, 1.165) is 45.6 Å². The van der Waals surface area contributed by atoms with E-state index in [4.69, 9.17) is 16.6 Å². The summed E-state index contributed by atoms with van der Waals surface area (Å²) in [6.45, 7) is 4.50. The fourth-order valence-electron chi connectivity index (χ4n) is 1.07. The first-order valence-electron chi connectivity index (χ1n) is 5.32. The van der Waals surface area contributed by atoms with Crippen LogP contribution in [0.15, 0.2) is 0 Å². The third-order valence-electron chi connectivity index (χ3n) is 1.88. The maximum atomic E-state index is 8.77. The van der Waals surface area contributed by atoms with Crippen LogP contribution in [-0.4, -0.2) is 44.1 Å². The van der Waals surface area contributed by atoms with E-state index >= 15 is 0 Å². The van der Waals surface area contributed by atoms with Crippen molar-refractivity contribution in [3.63, 3.8) is 0 Å². The molecule has 0 aromatic rings. The number of nitrogens with two attached hydrogens (primary N) is 2. The average molecular weight is 204 g/mol. The maximum Gasteiger partial charge on any atom is 0.103 e. The van der Waals surface area contributed by atoms with Gasteiger partial charge in [0.2, 0.25) is 0 Å². The molecular formula is C9H24N4O. The van der Waals surface area contributed by atoms with E-state index in [2.05, 4.69) is 10.6 Å². The number of rotatable bonds is 10. The van der Waals surface area contributed by atoms with E-state index < -0.39 is 6.23 Å². The summed E-state index contributed by atoms with van der Waals surface area (Å²) in [6.07, 6.45) is 2.05. The van der Waals surface area contributed by atoms with Gasteiger partial charge in [-0.3, -0.25) is 0 Å². The Kier molecular flexibility index (Phi) is 10.7. The van der Waals surface area contributed by atoms with Gasteiger partial charge in [-0.15, -0.1) is 0 Å². The summed E-state index contributed by atoms with van der Waals surface area (Å²) < 4.78 is 0. The molecule has 14 heavy (non-hydrogen) atoms. The molecule has 0 aliphatic heterocycles. The van der Waals surface area contributed by atoms with Crippen molar-refractivity contribution in [1.29, 1.82) is 0 Å². The fraction of sp³-hybridized carbons (Fsp3) is 1.00. The zero-order chi connectivity index (χ0) is 10.6. The second kappa shape index (κ2) is 10.9. The molecule has 86 valence electrons. The zero-order valence-corrected chi connectivity index (χ0v) is 8.84. The van der Waals surface area contributed by atoms with E-state index in [1.165, 1.54) is 0 Å². The van der Waals surface area contributed by atoms with Crippen molar-refractivity contribution in [3.8, 4) is 0 Å². The van der Waals surface area contributed by atoms with Gasteiger partial charge in [0, 0.05) is 0 Å². The number of hydrogen-bond donors (Lipinski definition) is 5. The highest BCUT2D eigenvalue weighted by molar-refractivity contribution is 4.54. The minimum atomic E-state index is -0.690. The largest absolute Gasteiger partial charge is 0.379 e. The van der Waals surface area contributed by atoms with Gasteiger partial charge in [-0.2, -0.15) is 0 Å². The summed E-state index contributed by atoms with van der Waals surface area (Å²) in [4.78, 5) is 0. The lowest BCUT2D eigenvalue weighted by Gasteiger charge is -2.07. The van der Waals surface area contributed by atoms with Crippen molar-refractivity contribution in [3.05, 3.63) is 0 Å². The lowest BCUT2D eigenvalue weighted by atomic mass is 10.3. The Balaban J connectivity index is 2.85. The monoisotopic (exact) mass is 204 g/mol. The Morgan fingerprint density at radius 3 is 2.14 bits per heavy atom. The van der Waals surface area contributed by atoms with E-state index in [1.54, 1.807) is 0 Å². The first kappa shape index (κ1) is 13.8. The first-order valence-corrected chi connectivity index (χ1v) is 5.32. The second-order valence-electron chi connectivity index (χ2n) is 3.35. The topological polar surface area (TPSA) is 96.3 Å². The third kappa shape index (κ3) is 11.8. The molecule has 0 aliphatic rings. The summed E-state index contributed by atoms with van der Waals surface area (Å²) in [6, 6.07) is 0. The van der Waals surface area contributed by atoms with E-state index in [-0.39, 0.29) is 0 Å². The smallest absolute Gasteiger partial charge is 0.103 e. The van der Waals surface area contributed by atoms with Crippen LogP contribution in [-0.2, 0) is 0 Å². The standard InChI is InChI=1S/C9H24N4O/c10-4-1-5-12-6-2-7-13-8-3-9(11)14/h9,12-14H,1-8,10-11H2/t9-/m0/s1. The normalized spacial score (nSPS) is 13.1. The van der Waals surface area contributed by atoms with Gasteiger partial charge in [0.05, 0.1) is 0 Å². The van der Waals surface area contributed by atoms with Gasteiger partial charge >= 0.3 is 0 Å². The van der Waals surface area contributed by atoms with Crippen LogP contribution in [0, 0.1) is 0 Å². The predicted octanol–water partition coefficient (Wildman–Crippen LogP) is -1.43. The van der Waals surface area contributed by atoms with E-state index in [0.29, 0.717) is 6.42 Å². The Morgan fingerprint density at radius 2 is 1.57 bits per heavy atom. The van der Waals surface area contributed by atoms with Crippen molar-refractivity contribution >= 4 is 0 Å². The molecule has 0 amide bonds. The molecule has 0 spiro atoms. The van der Waals surface area contributed by atoms with Gasteiger partial charge in [0.25, 0.3) is 0 Å². The predicted molar refractivity (Wildman–Crippen MR) is 58.8 cm³/mol. The zero-order valence-electron chi connectivity index (χ0n) is 8.84. The minimum absolute atomic E-state index is 0.612. The SMILES string of the molecule is NCCCNCCCNCC[C@@H](N)O. The Bertz CT molecular complexity index is 111. The van der Waals surface area contributed by atoms with Gasteiger partial charge in [-0.25, -0.2) is 0 Å². The van der Waals surface area contributed by atoms with Crippen molar-refractivity contribution in [1.82, 2.24) is 10.6 Å². The van der Waals surface area contributed by atoms with Crippen LogP contribution in [0.2, 0.25) is 0 Å². The Morgan fingerprint density at radius 1 is 1.00 bits per heavy atom. The number of aliphatic hydroxyl groups is 1. The molecule has 0 aliphatic carbocycles. The lowest BCUT2D eigenvalue weighted by molar-refractivity contribution is 0.171. The molecule has 0 saturated heterocycles. The Labute approximate surface area is 86.2 Å². The Hall–Kier alpha value is -0.200. The summed E-state index contributed by atoms with van der Waals surface area (Å²) in [5.74, 6) is 0. The number of nitrogens with one attached hydrogen (secondary N) is 2. The molecule has 0 aromatic carbocycles. The quantitative estimate of drug-likeness (QED) is 0.222. The van der Waals surface area contributed by atoms with Crippen LogP contribution in [0.25, 0.3) is 0 Å². The molecule has 0 radical (unpaired) electrons. The van der Waals surface area contributed by atoms with Crippen molar-refractivity contribution < 1.29 is 5.11 Å². The van der Waals surface area contributed by atoms with Gasteiger partial charge in [0.1, 0.15) is 6.23 Å². The first-order chi connectivity index (χ1) is 6.77. The van der Waals surface area contributed by atoms with E-state index in [9.17, 15) is 0 Å². The lowest BCUT2D eigenvalue weighted by Crippen LogP contribution is -2.28. The highest BCUT2D eigenvalue weighted by atomic mass is 16.3. The molecule has 5 nitrogen and oxygen atoms in total. The minimum Gasteiger partial charge on any atom is -0.379 e. The van der Waals surface area contributed by atoms with Crippen LogP contribution in [0.5, 0.6) is 0 Å². The maximum absolute atomic E-state index is 8.77. The highest BCUT2D eigenvalue weighted by Crippen LogP contribution is 1.80. The van der Waals surface area contributed by atoms with E-state index in [1.807, 2.05) is 0 Å². The van der Waals surface area contributed by atoms with Crippen LogP contribution in [0.1, 0.15) is 19.3 Å². The van der Waals surface area contributed by atoms with Crippen LogP contribution < -0.4 is 22.1 Å². The molecule has 5 heteroatoms. The van der Waals surface area contributed by atoms with Crippen LogP contribution in [0.4, 0.5) is 0 Å². The molecule has 7 N–H and O–H groups in total. The summed E-state index contributed by atoms with van der Waals surface area (Å²) in [5.41, 5.74) is 10.5. The van der Waals surface area contributed by atoms with Crippen molar-refractivity contribution in [2.75, 3.05) is 32.7 Å². The summed E-state index contributed by atoms with van der Waals surface area (Å²) >= 11 is 0. The molecule has 0 rings (SSSR count). The average Bonchev–Trinajstić information content (AvgIpc) is 2.15. The molecule has 1 atom stereocenters. The van der Waals surface area contributed by atoms with Crippen molar-refractivity contribution in [2.24, 2.45) is 11.5 Å². The number of hydrogen-bond acceptors (Lipinski definition) is 5. The molecule has 0 fully saturated rings. The van der Waals surface area contributed by atoms with Crippen LogP contribution >= 0.6 is 0 Å². The molecule has 0 unspecified atom stereocenters. The van der Waals surface area contributed by atoms with Gasteiger partial charge in [-0.05, 0) is 52.0 Å². The highest BCUT2D eigenvalue weighted by Gasteiger charge is 1.94. The molecule has 0 heterocycles. The third-order valence-corrected chi connectivity index (χ3v) is 1.88. The molecule has 0 bridgehead atoms.